The molecule has 0 saturated heterocycles. The number of Topliss-reactive ketones (excluding diaryl/α,β-unsaturated/α-hetero) is 1. The van der Waals surface area contributed by atoms with Gasteiger partial charge in [-0.1, -0.05) is 12.1 Å². The second kappa shape index (κ2) is 8.08. The first kappa shape index (κ1) is 16.7. The number of rotatable bonds is 7. The number of fused-ring (bicyclic) bond motifs is 1. The van der Waals surface area contributed by atoms with Crippen molar-refractivity contribution < 1.29 is 9.59 Å². The van der Waals surface area contributed by atoms with E-state index in [1.54, 1.807) is 0 Å². The van der Waals surface area contributed by atoms with Crippen molar-refractivity contribution in [3.63, 3.8) is 0 Å². The molecule has 1 aliphatic rings. The monoisotopic (exact) mass is 302 g/mol. The maximum atomic E-state index is 12.2. The van der Waals surface area contributed by atoms with Crippen molar-refractivity contribution >= 4 is 11.7 Å². The van der Waals surface area contributed by atoms with E-state index in [-0.39, 0.29) is 30.6 Å². The lowest BCUT2D eigenvalue weighted by Crippen LogP contribution is -2.37. The average molecular weight is 302 g/mol. The fraction of sp³-hybridized carbons (Fsp3) is 0.556. The van der Waals surface area contributed by atoms with Crippen molar-refractivity contribution in [3.8, 4) is 0 Å². The predicted molar refractivity (Wildman–Crippen MR) is 88.2 cm³/mol. The molecule has 0 radical (unpaired) electrons. The summed E-state index contributed by atoms with van der Waals surface area (Å²) in [5.74, 6) is -0.00130. The van der Waals surface area contributed by atoms with Crippen LogP contribution in [0, 0.1) is 0 Å². The number of ketones is 1. The van der Waals surface area contributed by atoms with Gasteiger partial charge in [-0.2, -0.15) is 0 Å². The van der Waals surface area contributed by atoms with E-state index in [4.69, 9.17) is 0 Å². The van der Waals surface area contributed by atoms with Gasteiger partial charge in [0.1, 0.15) is 0 Å². The van der Waals surface area contributed by atoms with Crippen LogP contribution in [0.4, 0.5) is 0 Å². The number of hydrogen-bond acceptors (Lipinski definition) is 3. The smallest absolute Gasteiger partial charge is 0.220 e. The molecule has 0 aliphatic heterocycles. The largest absolute Gasteiger partial charge is 0.355 e. The van der Waals surface area contributed by atoms with E-state index < -0.39 is 0 Å². The van der Waals surface area contributed by atoms with Crippen LogP contribution >= 0.6 is 0 Å². The highest BCUT2D eigenvalue weighted by Crippen LogP contribution is 2.22. The standard InChI is InChI=1S/C18H26N2O2/c1-13(19-2)12-20-18(22)10-9-17(21)16-8-7-14-5-3-4-6-15(14)11-16/h7-8,11,13,19H,3-6,9-10,12H2,1-2H3,(H,20,22). The molecule has 4 nitrogen and oxygen atoms in total. The zero-order valence-electron chi connectivity index (χ0n) is 13.6. The van der Waals surface area contributed by atoms with Crippen molar-refractivity contribution in [2.45, 2.75) is 51.5 Å². The summed E-state index contributed by atoms with van der Waals surface area (Å²) >= 11 is 0. The Balaban J connectivity index is 1.83. The number of benzene rings is 1. The first-order chi connectivity index (χ1) is 10.6. The molecule has 0 saturated carbocycles. The van der Waals surface area contributed by atoms with Gasteiger partial charge in [0.15, 0.2) is 5.78 Å². The minimum Gasteiger partial charge on any atom is -0.355 e. The number of aryl methyl sites for hydroxylation is 2. The van der Waals surface area contributed by atoms with Crippen LogP contribution in [0.1, 0.15) is 54.1 Å². The van der Waals surface area contributed by atoms with E-state index in [0.29, 0.717) is 6.54 Å². The van der Waals surface area contributed by atoms with Gasteiger partial charge >= 0.3 is 0 Å². The van der Waals surface area contributed by atoms with Crippen molar-refractivity contribution in [1.29, 1.82) is 0 Å². The van der Waals surface area contributed by atoms with E-state index in [0.717, 1.165) is 18.4 Å². The Morgan fingerprint density at radius 2 is 1.86 bits per heavy atom. The van der Waals surface area contributed by atoms with Gasteiger partial charge < -0.3 is 10.6 Å². The summed E-state index contributed by atoms with van der Waals surface area (Å²) in [7, 11) is 1.86. The quantitative estimate of drug-likeness (QED) is 0.760. The van der Waals surface area contributed by atoms with Gasteiger partial charge in [0.05, 0.1) is 0 Å². The van der Waals surface area contributed by atoms with Crippen molar-refractivity contribution in [2.24, 2.45) is 0 Å². The molecule has 1 aliphatic carbocycles. The van der Waals surface area contributed by atoms with Crippen LogP contribution in [0.15, 0.2) is 18.2 Å². The van der Waals surface area contributed by atoms with Crippen LogP contribution in [0.3, 0.4) is 0 Å². The SMILES string of the molecule is CNC(C)CNC(=O)CCC(=O)c1ccc2c(c1)CCCC2. The predicted octanol–water partition coefficient (Wildman–Crippen LogP) is 2.25. The summed E-state index contributed by atoms with van der Waals surface area (Å²) < 4.78 is 0. The van der Waals surface area contributed by atoms with Crippen LogP contribution in [-0.4, -0.2) is 31.3 Å². The molecule has 0 fully saturated rings. The van der Waals surface area contributed by atoms with Crippen LogP contribution in [0.25, 0.3) is 0 Å². The molecular weight excluding hydrogens is 276 g/mol. The zero-order chi connectivity index (χ0) is 15.9. The molecule has 2 rings (SSSR count). The third-order valence-corrected chi connectivity index (χ3v) is 4.35. The third kappa shape index (κ3) is 4.67. The number of amides is 1. The van der Waals surface area contributed by atoms with Gasteiger partial charge in [0.2, 0.25) is 5.91 Å². The summed E-state index contributed by atoms with van der Waals surface area (Å²) in [5.41, 5.74) is 3.43. The lowest BCUT2D eigenvalue weighted by Gasteiger charge is -2.16. The van der Waals surface area contributed by atoms with Gasteiger partial charge in [0, 0.05) is 31.0 Å². The number of carbonyl (C=O) groups is 2. The second-order valence-corrected chi connectivity index (χ2v) is 6.11. The van der Waals surface area contributed by atoms with Crippen LogP contribution in [0.2, 0.25) is 0 Å². The highest BCUT2D eigenvalue weighted by molar-refractivity contribution is 5.98. The van der Waals surface area contributed by atoms with Crippen molar-refractivity contribution in [2.75, 3.05) is 13.6 Å². The lowest BCUT2D eigenvalue weighted by atomic mass is 9.89. The Labute approximate surface area is 132 Å². The molecule has 2 N–H and O–H groups in total. The summed E-state index contributed by atoms with van der Waals surface area (Å²) in [4.78, 5) is 24.0. The summed E-state index contributed by atoms with van der Waals surface area (Å²) in [5, 5.41) is 5.89. The van der Waals surface area contributed by atoms with E-state index in [1.807, 2.05) is 26.1 Å². The molecule has 22 heavy (non-hydrogen) atoms. The van der Waals surface area contributed by atoms with E-state index >= 15 is 0 Å². The van der Waals surface area contributed by atoms with Crippen LogP contribution < -0.4 is 10.6 Å². The Morgan fingerprint density at radius 1 is 1.14 bits per heavy atom. The molecule has 4 heteroatoms. The summed E-state index contributed by atoms with van der Waals surface area (Å²) in [6.45, 7) is 2.58. The molecule has 0 spiro atoms. The minimum absolute atomic E-state index is 0.0604. The number of nitrogens with one attached hydrogen (secondary N) is 2. The average Bonchev–Trinajstić information content (AvgIpc) is 2.56. The first-order valence-corrected chi connectivity index (χ1v) is 8.19. The molecule has 0 aromatic heterocycles. The summed E-state index contributed by atoms with van der Waals surface area (Å²) in [6.07, 6.45) is 5.17. The Bertz CT molecular complexity index is 540. The number of likely N-dealkylation sites (N-methyl/N-ethyl adjacent to an activating group) is 1. The molecule has 1 amide bonds. The molecular formula is C18H26N2O2. The first-order valence-electron chi connectivity index (χ1n) is 8.19. The van der Waals surface area contributed by atoms with Crippen molar-refractivity contribution in [3.05, 3.63) is 34.9 Å². The normalized spacial score (nSPS) is 15.0. The van der Waals surface area contributed by atoms with Crippen LogP contribution in [-0.2, 0) is 17.6 Å². The fourth-order valence-corrected chi connectivity index (χ4v) is 2.74. The van der Waals surface area contributed by atoms with Gasteiger partial charge in [-0.15, -0.1) is 0 Å². The molecule has 0 heterocycles. The maximum Gasteiger partial charge on any atom is 0.220 e. The Hall–Kier alpha value is -1.68. The highest BCUT2D eigenvalue weighted by atomic mass is 16.2. The third-order valence-electron chi connectivity index (χ3n) is 4.35. The molecule has 120 valence electrons. The van der Waals surface area contributed by atoms with Crippen LogP contribution in [0.5, 0.6) is 0 Å². The highest BCUT2D eigenvalue weighted by Gasteiger charge is 2.14. The molecule has 1 atom stereocenters. The molecule has 1 unspecified atom stereocenters. The maximum absolute atomic E-state index is 12.2. The van der Waals surface area contributed by atoms with Gasteiger partial charge in [0.25, 0.3) is 0 Å². The Kier molecular flexibility index (Phi) is 6.13. The summed E-state index contributed by atoms with van der Waals surface area (Å²) in [6, 6.07) is 6.25. The van der Waals surface area contributed by atoms with E-state index in [1.165, 1.54) is 24.0 Å². The number of hydrogen-bond donors (Lipinski definition) is 2. The van der Waals surface area contributed by atoms with Crippen molar-refractivity contribution in [1.82, 2.24) is 10.6 Å². The fourth-order valence-electron chi connectivity index (χ4n) is 2.74. The van der Waals surface area contributed by atoms with Gasteiger partial charge in [-0.3, -0.25) is 9.59 Å². The number of carbonyl (C=O) groups excluding carboxylic acids is 2. The molecule has 1 aromatic carbocycles. The lowest BCUT2D eigenvalue weighted by molar-refractivity contribution is -0.121. The van der Waals surface area contributed by atoms with Gasteiger partial charge in [-0.05, 0) is 56.8 Å². The molecule has 0 bridgehead atoms. The van der Waals surface area contributed by atoms with E-state index in [9.17, 15) is 9.59 Å². The zero-order valence-corrected chi connectivity index (χ0v) is 13.6. The molecule has 1 aromatic rings. The Morgan fingerprint density at radius 3 is 2.59 bits per heavy atom. The van der Waals surface area contributed by atoms with Gasteiger partial charge in [-0.25, -0.2) is 0 Å². The minimum atomic E-state index is -0.0617. The topological polar surface area (TPSA) is 58.2 Å². The second-order valence-electron chi connectivity index (χ2n) is 6.11. The van der Waals surface area contributed by atoms with E-state index in [2.05, 4.69) is 16.7 Å².